The maximum Gasteiger partial charge on any atom is 0.251 e. The first-order chi connectivity index (χ1) is 10.1. The lowest BCUT2D eigenvalue weighted by molar-refractivity contribution is 0.188. The third kappa shape index (κ3) is 4.39. The van der Waals surface area contributed by atoms with E-state index in [4.69, 9.17) is 0 Å². The first-order valence-electron chi connectivity index (χ1n) is 7.07. The summed E-state index contributed by atoms with van der Waals surface area (Å²) in [6.45, 7) is 4.37. The Morgan fingerprint density at radius 2 is 2.24 bits per heavy atom. The van der Waals surface area contributed by atoms with Crippen molar-refractivity contribution in [1.82, 2.24) is 15.0 Å². The van der Waals surface area contributed by atoms with Crippen LogP contribution in [0.1, 0.15) is 26.0 Å². The van der Waals surface area contributed by atoms with Crippen molar-refractivity contribution in [3.8, 4) is 11.4 Å². The molecule has 0 saturated heterocycles. The Labute approximate surface area is 123 Å². The van der Waals surface area contributed by atoms with Gasteiger partial charge in [-0.1, -0.05) is 6.92 Å². The maximum atomic E-state index is 11.6. The van der Waals surface area contributed by atoms with Gasteiger partial charge in [0.2, 0.25) is 0 Å². The summed E-state index contributed by atoms with van der Waals surface area (Å²) in [5.74, 6) is 1.26. The minimum Gasteiger partial charge on any atom is -0.393 e. The number of pyridine rings is 1. The molecule has 0 aliphatic heterocycles. The molecule has 0 aromatic carbocycles. The molecule has 0 fully saturated rings. The van der Waals surface area contributed by atoms with E-state index in [1.165, 1.54) is 6.07 Å². The minimum absolute atomic E-state index is 0.156. The average molecular weight is 288 g/mol. The second-order valence-corrected chi connectivity index (χ2v) is 4.94. The van der Waals surface area contributed by atoms with Crippen molar-refractivity contribution in [2.24, 2.45) is 0 Å². The molecular formula is C15H20N4O2. The van der Waals surface area contributed by atoms with Crippen LogP contribution >= 0.6 is 0 Å². The fourth-order valence-corrected chi connectivity index (χ4v) is 1.87. The second-order valence-electron chi connectivity index (χ2n) is 4.94. The van der Waals surface area contributed by atoms with Gasteiger partial charge in [-0.25, -0.2) is 9.97 Å². The zero-order chi connectivity index (χ0) is 15.2. The molecule has 2 heterocycles. The zero-order valence-corrected chi connectivity index (χ0v) is 12.3. The van der Waals surface area contributed by atoms with Gasteiger partial charge in [0.15, 0.2) is 0 Å². The van der Waals surface area contributed by atoms with Gasteiger partial charge in [0.25, 0.3) is 5.56 Å². The number of aromatic amines is 1. The van der Waals surface area contributed by atoms with E-state index < -0.39 is 0 Å². The lowest BCUT2D eigenvalue weighted by Gasteiger charge is -2.08. The van der Waals surface area contributed by atoms with Gasteiger partial charge in [-0.15, -0.1) is 0 Å². The molecular weight excluding hydrogens is 268 g/mol. The van der Waals surface area contributed by atoms with E-state index in [0.29, 0.717) is 25.2 Å². The van der Waals surface area contributed by atoms with Gasteiger partial charge in [0, 0.05) is 30.1 Å². The van der Waals surface area contributed by atoms with Crippen LogP contribution in [0.25, 0.3) is 11.4 Å². The van der Waals surface area contributed by atoms with E-state index in [1.54, 1.807) is 13.1 Å². The predicted molar refractivity (Wildman–Crippen MR) is 82.3 cm³/mol. The van der Waals surface area contributed by atoms with Crippen LogP contribution < -0.4 is 10.9 Å². The van der Waals surface area contributed by atoms with Crippen molar-refractivity contribution >= 4 is 5.82 Å². The number of anilines is 1. The van der Waals surface area contributed by atoms with E-state index in [-0.39, 0.29) is 11.7 Å². The van der Waals surface area contributed by atoms with Gasteiger partial charge in [0.1, 0.15) is 11.6 Å². The molecule has 2 rings (SSSR count). The molecule has 0 amide bonds. The SMILES string of the molecule is CCc1cc(=O)[nH]c(-c2ccc(NCC[C@@H](C)O)nc2)n1. The van der Waals surface area contributed by atoms with E-state index in [2.05, 4.69) is 20.3 Å². The van der Waals surface area contributed by atoms with Crippen molar-refractivity contribution < 1.29 is 5.11 Å². The standard InChI is InChI=1S/C15H20N4O2/c1-3-12-8-14(21)19-15(18-12)11-4-5-13(17-9-11)16-7-6-10(2)20/h4-5,8-10,20H,3,6-7H2,1-2H3,(H,16,17)(H,18,19,21)/t10-/m1/s1. The van der Waals surface area contributed by atoms with Crippen LogP contribution in [0.5, 0.6) is 0 Å². The number of aryl methyl sites for hydroxylation is 1. The molecule has 6 nitrogen and oxygen atoms in total. The van der Waals surface area contributed by atoms with Gasteiger partial charge >= 0.3 is 0 Å². The van der Waals surface area contributed by atoms with Crippen molar-refractivity contribution in [1.29, 1.82) is 0 Å². The van der Waals surface area contributed by atoms with Crippen LogP contribution in [0.4, 0.5) is 5.82 Å². The van der Waals surface area contributed by atoms with Crippen LogP contribution in [0.3, 0.4) is 0 Å². The Morgan fingerprint density at radius 3 is 2.86 bits per heavy atom. The van der Waals surface area contributed by atoms with Crippen LogP contribution in [0, 0.1) is 0 Å². The molecule has 0 aliphatic carbocycles. The highest BCUT2D eigenvalue weighted by Crippen LogP contribution is 2.14. The summed E-state index contributed by atoms with van der Waals surface area (Å²) in [6.07, 6.45) is 2.71. The van der Waals surface area contributed by atoms with Crippen molar-refractivity contribution in [2.45, 2.75) is 32.8 Å². The molecule has 0 aliphatic rings. The predicted octanol–water partition coefficient (Wildman–Crippen LogP) is 1.58. The lowest BCUT2D eigenvalue weighted by atomic mass is 10.2. The number of hydrogen-bond donors (Lipinski definition) is 3. The quantitative estimate of drug-likeness (QED) is 0.750. The van der Waals surface area contributed by atoms with Gasteiger partial charge in [0.05, 0.1) is 6.10 Å². The minimum atomic E-state index is -0.331. The average Bonchev–Trinajstić information content (AvgIpc) is 2.47. The Balaban J connectivity index is 2.11. The zero-order valence-electron chi connectivity index (χ0n) is 12.3. The molecule has 6 heteroatoms. The van der Waals surface area contributed by atoms with Crippen LogP contribution in [0.2, 0.25) is 0 Å². The number of aliphatic hydroxyl groups excluding tert-OH is 1. The number of aliphatic hydroxyl groups is 1. The Morgan fingerprint density at radius 1 is 1.43 bits per heavy atom. The molecule has 0 saturated carbocycles. The van der Waals surface area contributed by atoms with Gasteiger partial charge in [-0.3, -0.25) is 4.79 Å². The number of nitrogens with zero attached hydrogens (tertiary/aromatic N) is 2. The number of H-pyrrole nitrogens is 1. The molecule has 0 unspecified atom stereocenters. The summed E-state index contributed by atoms with van der Waals surface area (Å²) in [4.78, 5) is 22.9. The first-order valence-corrected chi connectivity index (χ1v) is 7.07. The molecule has 1 atom stereocenters. The van der Waals surface area contributed by atoms with Crippen LogP contribution in [0.15, 0.2) is 29.2 Å². The molecule has 0 spiro atoms. The number of aromatic nitrogens is 3. The fourth-order valence-electron chi connectivity index (χ4n) is 1.87. The fraction of sp³-hybridized carbons (Fsp3) is 0.400. The molecule has 0 bridgehead atoms. The van der Waals surface area contributed by atoms with Crippen LogP contribution in [-0.4, -0.2) is 32.7 Å². The summed E-state index contributed by atoms with van der Waals surface area (Å²) in [6, 6.07) is 5.19. The van der Waals surface area contributed by atoms with Gasteiger partial charge < -0.3 is 15.4 Å². The van der Waals surface area contributed by atoms with Crippen molar-refractivity contribution in [3.05, 3.63) is 40.4 Å². The van der Waals surface area contributed by atoms with E-state index in [0.717, 1.165) is 17.1 Å². The largest absolute Gasteiger partial charge is 0.393 e. The molecule has 2 aromatic heterocycles. The monoisotopic (exact) mass is 288 g/mol. The highest BCUT2D eigenvalue weighted by molar-refractivity contribution is 5.55. The smallest absolute Gasteiger partial charge is 0.251 e. The summed E-state index contributed by atoms with van der Waals surface area (Å²) in [5, 5.41) is 12.3. The van der Waals surface area contributed by atoms with Crippen LogP contribution in [-0.2, 0) is 6.42 Å². The Kier molecular flexibility index (Phi) is 5.05. The summed E-state index contributed by atoms with van der Waals surface area (Å²) in [5.41, 5.74) is 1.37. The van der Waals surface area contributed by atoms with Gasteiger partial charge in [-0.2, -0.15) is 0 Å². The topological polar surface area (TPSA) is 90.9 Å². The highest BCUT2D eigenvalue weighted by Gasteiger charge is 2.04. The van der Waals surface area contributed by atoms with E-state index in [1.807, 2.05) is 19.1 Å². The molecule has 2 aromatic rings. The van der Waals surface area contributed by atoms with Gasteiger partial charge in [-0.05, 0) is 31.9 Å². The number of rotatable bonds is 6. The lowest BCUT2D eigenvalue weighted by Crippen LogP contribution is -2.11. The van der Waals surface area contributed by atoms with Crippen molar-refractivity contribution in [3.63, 3.8) is 0 Å². The van der Waals surface area contributed by atoms with Crippen molar-refractivity contribution in [2.75, 3.05) is 11.9 Å². The van der Waals surface area contributed by atoms with E-state index in [9.17, 15) is 9.90 Å². The number of hydrogen-bond acceptors (Lipinski definition) is 5. The normalized spacial score (nSPS) is 12.1. The first kappa shape index (κ1) is 15.2. The number of nitrogens with one attached hydrogen (secondary N) is 2. The Bertz CT molecular complexity index is 635. The summed E-state index contributed by atoms with van der Waals surface area (Å²) in [7, 11) is 0. The third-order valence-corrected chi connectivity index (χ3v) is 3.06. The third-order valence-electron chi connectivity index (χ3n) is 3.06. The highest BCUT2D eigenvalue weighted by atomic mass is 16.3. The summed E-state index contributed by atoms with van der Waals surface area (Å²) >= 11 is 0. The molecule has 112 valence electrons. The molecule has 3 N–H and O–H groups in total. The molecule has 21 heavy (non-hydrogen) atoms. The maximum absolute atomic E-state index is 11.6. The van der Waals surface area contributed by atoms with E-state index >= 15 is 0 Å². The second kappa shape index (κ2) is 6.99. The Hall–Kier alpha value is -2.21. The summed E-state index contributed by atoms with van der Waals surface area (Å²) < 4.78 is 0. The molecule has 0 radical (unpaired) electrons.